The Hall–Kier alpha value is -3.58. The molecular formula is C30H25N. The summed E-state index contributed by atoms with van der Waals surface area (Å²) in [7, 11) is 0. The van der Waals surface area contributed by atoms with Crippen molar-refractivity contribution in [1.82, 2.24) is 4.57 Å². The molecule has 0 unspecified atom stereocenters. The number of rotatable bonds is 2. The van der Waals surface area contributed by atoms with Crippen molar-refractivity contribution in [2.24, 2.45) is 0 Å². The molecule has 0 aliphatic heterocycles. The molecule has 0 bridgehead atoms. The Morgan fingerprint density at radius 1 is 0.710 bits per heavy atom. The Bertz CT molecular complexity index is 1510. The summed E-state index contributed by atoms with van der Waals surface area (Å²) < 4.78 is 2.41. The van der Waals surface area contributed by atoms with E-state index in [-0.39, 0.29) is 5.41 Å². The lowest BCUT2D eigenvalue weighted by atomic mass is 9.82. The van der Waals surface area contributed by atoms with Gasteiger partial charge in [-0.05, 0) is 71.1 Å². The van der Waals surface area contributed by atoms with Crippen molar-refractivity contribution in [3.05, 3.63) is 108 Å². The van der Waals surface area contributed by atoms with Gasteiger partial charge < -0.3 is 4.57 Å². The summed E-state index contributed by atoms with van der Waals surface area (Å²) in [6, 6.07) is 31.1. The molecule has 1 aliphatic rings. The van der Waals surface area contributed by atoms with Gasteiger partial charge in [0.15, 0.2) is 0 Å². The van der Waals surface area contributed by atoms with Crippen LogP contribution in [0.15, 0.2) is 91.5 Å². The van der Waals surface area contributed by atoms with Crippen LogP contribution >= 0.6 is 0 Å². The summed E-state index contributed by atoms with van der Waals surface area (Å²) in [5.74, 6) is 0. The van der Waals surface area contributed by atoms with Gasteiger partial charge >= 0.3 is 0 Å². The molecule has 0 radical (unpaired) electrons. The predicted molar refractivity (Wildman–Crippen MR) is 133 cm³/mol. The van der Waals surface area contributed by atoms with E-state index in [2.05, 4.69) is 117 Å². The standard InChI is InChI=1S/C30H25N/c1-19(2)20-14-15-28-24(16-20)25-17-23-22-12-8-9-13-26(22)30(3,4)27(23)18-29(25)31(28)21-10-6-5-7-11-21/h5-18H,1H2,2-4H3. The third-order valence-electron chi connectivity index (χ3n) is 6.98. The minimum atomic E-state index is -0.0129. The van der Waals surface area contributed by atoms with E-state index >= 15 is 0 Å². The molecule has 5 aromatic rings. The second-order valence-corrected chi connectivity index (χ2v) is 9.27. The molecule has 1 aromatic heterocycles. The minimum absolute atomic E-state index is 0.0129. The summed E-state index contributed by atoms with van der Waals surface area (Å²) in [6.07, 6.45) is 0. The Labute approximate surface area is 183 Å². The first kappa shape index (κ1) is 18.2. The molecule has 0 fully saturated rings. The quantitative estimate of drug-likeness (QED) is 0.282. The Balaban J connectivity index is 1.79. The second kappa shape index (κ2) is 6.21. The maximum absolute atomic E-state index is 4.18. The van der Waals surface area contributed by atoms with Crippen LogP contribution in [0.2, 0.25) is 0 Å². The maximum Gasteiger partial charge on any atom is 0.0544 e. The number of hydrogen-bond donors (Lipinski definition) is 0. The molecular weight excluding hydrogens is 374 g/mol. The third kappa shape index (κ3) is 2.44. The first-order valence-corrected chi connectivity index (χ1v) is 10.9. The molecule has 0 saturated carbocycles. The highest BCUT2D eigenvalue weighted by Gasteiger charge is 2.36. The zero-order valence-electron chi connectivity index (χ0n) is 18.2. The van der Waals surface area contributed by atoms with E-state index in [9.17, 15) is 0 Å². The molecule has 0 atom stereocenters. The van der Waals surface area contributed by atoms with Gasteiger partial charge in [-0.3, -0.25) is 0 Å². The number of aromatic nitrogens is 1. The highest BCUT2D eigenvalue weighted by molar-refractivity contribution is 6.12. The van der Waals surface area contributed by atoms with E-state index in [1.54, 1.807) is 0 Å². The maximum atomic E-state index is 4.18. The molecule has 1 heterocycles. The van der Waals surface area contributed by atoms with E-state index in [4.69, 9.17) is 0 Å². The van der Waals surface area contributed by atoms with Gasteiger partial charge in [0.05, 0.1) is 11.0 Å². The molecule has 0 amide bonds. The van der Waals surface area contributed by atoms with Gasteiger partial charge in [-0.1, -0.05) is 74.5 Å². The number of benzene rings is 4. The molecule has 0 N–H and O–H groups in total. The Morgan fingerprint density at radius 2 is 1.42 bits per heavy atom. The average molecular weight is 400 g/mol. The van der Waals surface area contributed by atoms with E-state index in [0.29, 0.717) is 0 Å². The average Bonchev–Trinajstić information content (AvgIpc) is 3.22. The molecule has 0 saturated heterocycles. The van der Waals surface area contributed by atoms with Crippen molar-refractivity contribution < 1.29 is 0 Å². The Kier molecular flexibility index (Phi) is 3.65. The fraction of sp³-hybridized carbons (Fsp3) is 0.133. The summed E-state index contributed by atoms with van der Waals surface area (Å²) in [5, 5.41) is 2.58. The lowest BCUT2D eigenvalue weighted by molar-refractivity contribution is 0.661. The first-order chi connectivity index (χ1) is 15.0. The van der Waals surface area contributed by atoms with Gasteiger partial charge in [-0.15, -0.1) is 0 Å². The SMILES string of the molecule is C=C(C)c1ccc2c(c1)c1cc3c(cc1n2-c1ccccc1)C(C)(C)c1ccccc1-3. The monoisotopic (exact) mass is 399 g/mol. The van der Waals surface area contributed by atoms with E-state index in [1.165, 1.54) is 55.3 Å². The zero-order chi connectivity index (χ0) is 21.3. The summed E-state index contributed by atoms with van der Waals surface area (Å²) in [4.78, 5) is 0. The number of fused-ring (bicyclic) bond motifs is 6. The first-order valence-electron chi connectivity index (χ1n) is 10.9. The smallest absolute Gasteiger partial charge is 0.0544 e. The van der Waals surface area contributed by atoms with E-state index in [0.717, 1.165) is 5.57 Å². The molecule has 4 aromatic carbocycles. The highest BCUT2D eigenvalue weighted by Crippen LogP contribution is 2.50. The molecule has 1 heteroatoms. The van der Waals surface area contributed by atoms with Gasteiger partial charge in [0.2, 0.25) is 0 Å². The van der Waals surface area contributed by atoms with Crippen molar-refractivity contribution in [1.29, 1.82) is 0 Å². The number of para-hydroxylation sites is 1. The lowest BCUT2D eigenvalue weighted by Gasteiger charge is -2.21. The normalized spacial score (nSPS) is 14.0. The van der Waals surface area contributed by atoms with Crippen LogP contribution in [0.5, 0.6) is 0 Å². The molecule has 0 spiro atoms. The fourth-order valence-electron chi connectivity index (χ4n) is 5.33. The largest absolute Gasteiger partial charge is 0.309 e. The molecule has 1 nitrogen and oxygen atoms in total. The highest BCUT2D eigenvalue weighted by atomic mass is 15.0. The Morgan fingerprint density at radius 3 is 2.19 bits per heavy atom. The van der Waals surface area contributed by atoms with Gasteiger partial charge in [0.1, 0.15) is 0 Å². The van der Waals surface area contributed by atoms with Crippen LogP contribution in [0.4, 0.5) is 0 Å². The van der Waals surface area contributed by atoms with Gasteiger partial charge in [-0.2, -0.15) is 0 Å². The number of allylic oxidation sites excluding steroid dienone is 1. The molecule has 150 valence electrons. The van der Waals surface area contributed by atoms with Crippen LogP contribution in [0.25, 0.3) is 44.2 Å². The van der Waals surface area contributed by atoms with E-state index in [1.807, 2.05) is 0 Å². The fourth-order valence-corrected chi connectivity index (χ4v) is 5.33. The predicted octanol–water partition coefficient (Wildman–Crippen LogP) is 8.12. The third-order valence-corrected chi connectivity index (χ3v) is 6.98. The molecule has 6 rings (SSSR count). The minimum Gasteiger partial charge on any atom is -0.309 e. The lowest BCUT2D eigenvalue weighted by Crippen LogP contribution is -2.14. The van der Waals surface area contributed by atoms with Gasteiger partial charge in [0.25, 0.3) is 0 Å². The summed E-state index contributed by atoms with van der Waals surface area (Å²) in [5.41, 5.74) is 11.5. The van der Waals surface area contributed by atoms with Crippen LogP contribution in [0.1, 0.15) is 37.5 Å². The van der Waals surface area contributed by atoms with Gasteiger partial charge in [0, 0.05) is 21.9 Å². The van der Waals surface area contributed by atoms with Crippen molar-refractivity contribution in [2.45, 2.75) is 26.2 Å². The van der Waals surface area contributed by atoms with Crippen molar-refractivity contribution >= 4 is 27.4 Å². The van der Waals surface area contributed by atoms with Crippen molar-refractivity contribution in [3.8, 4) is 16.8 Å². The van der Waals surface area contributed by atoms with Crippen LogP contribution in [-0.2, 0) is 5.41 Å². The molecule has 31 heavy (non-hydrogen) atoms. The number of nitrogens with zero attached hydrogens (tertiary/aromatic N) is 1. The summed E-state index contributed by atoms with van der Waals surface area (Å²) >= 11 is 0. The van der Waals surface area contributed by atoms with Crippen LogP contribution < -0.4 is 0 Å². The topological polar surface area (TPSA) is 4.93 Å². The van der Waals surface area contributed by atoms with Crippen LogP contribution in [0, 0.1) is 0 Å². The second-order valence-electron chi connectivity index (χ2n) is 9.27. The van der Waals surface area contributed by atoms with Crippen molar-refractivity contribution in [2.75, 3.05) is 0 Å². The van der Waals surface area contributed by atoms with E-state index < -0.39 is 0 Å². The molecule has 1 aliphatic carbocycles. The van der Waals surface area contributed by atoms with Crippen LogP contribution in [-0.4, -0.2) is 4.57 Å². The zero-order valence-corrected chi connectivity index (χ0v) is 18.2. The van der Waals surface area contributed by atoms with Crippen LogP contribution in [0.3, 0.4) is 0 Å². The van der Waals surface area contributed by atoms with Gasteiger partial charge in [-0.25, -0.2) is 0 Å². The number of hydrogen-bond acceptors (Lipinski definition) is 0. The van der Waals surface area contributed by atoms with Crippen molar-refractivity contribution in [3.63, 3.8) is 0 Å². The summed E-state index contributed by atoms with van der Waals surface area (Å²) in [6.45, 7) is 10.9.